The van der Waals surface area contributed by atoms with Crippen LogP contribution < -0.4 is 19.7 Å². The predicted molar refractivity (Wildman–Crippen MR) is 151 cm³/mol. The van der Waals surface area contributed by atoms with Crippen molar-refractivity contribution in [3.63, 3.8) is 0 Å². The maximum Gasteiger partial charge on any atom is 0.301 e. The number of carbonyl (C=O) groups is 1. The van der Waals surface area contributed by atoms with E-state index in [1.165, 1.54) is 16.6 Å². The van der Waals surface area contributed by atoms with Crippen molar-refractivity contribution >= 4 is 38.4 Å². The lowest BCUT2D eigenvalue weighted by atomic mass is 9.64. The Morgan fingerprint density at radius 2 is 1.90 bits per heavy atom. The molecule has 1 spiro atoms. The SMILES string of the molecule is CC(C)NCCOc1ncc(-c2cc3c4c(cnc3cc2F)N(C)C(=O)C42CCC2)cc1NS(=O)(=O)N1CCC1. The Kier molecular flexibility index (Phi) is 6.67. The van der Waals surface area contributed by atoms with Gasteiger partial charge in [-0.2, -0.15) is 12.7 Å². The minimum Gasteiger partial charge on any atom is -0.475 e. The summed E-state index contributed by atoms with van der Waals surface area (Å²) >= 11 is 0. The summed E-state index contributed by atoms with van der Waals surface area (Å²) in [5.41, 5.74) is 2.26. The van der Waals surface area contributed by atoms with E-state index in [4.69, 9.17) is 4.74 Å². The number of likely N-dealkylation sites (N-methyl/N-ethyl adjacent to an activating group) is 1. The van der Waals surface area contributed by atoms with Gasteiger partial charge in [0, 0.05) is 67.1 Å². The molecule has 40 heavy (non-hydrogen) atoms. The summed E-state index contributed by atoms with van der Waals surface area (Å²) in [7, 11) is -2.07. The lowest BCUT2D eigenvalue weighted by Crippen LogP contribution is -2.45. The van der Waals surface area contributed by atoms with Crippen LogP contribution in [0.25, 0.3) is 22.0 Å². The van der Waals surface area contributed by atoms with Gasteiger partial charge in [-0.1, -0.05) is 20.3 Å². The van der Waals surface area contributed by atoms with Gasteiger partial charge in [0.15, 0.2) is 0 Å². The molecule has 1 saturated heterocycles. The molecule has 12 heteroatoms. The Bertz CT molecular complexity index is 1600. The van der Waals surface area contributed by atoms with Crippen LogP contribution in [0.15, 0.2) is 30.6 Å². The first-order valence-electron chi connectivity index (χ1n) is 13.7. The number of anilines is 2. The molecule has 0 radical (unpaired) electrons. The topological polar surface area (TPSA) is 117 Å². The van der Waals surface area contributed by atoms with Crippen molar-refractivity contribution in [2.24, 2.45) is 0 Å². The average molecular weight is 569 g/mol. The minimum atomic E-state index is -3.82. The number of nitrogens with zero attached hydrogens (tertiary/aromatic N) is 4. The number of fused-ring (bicyclic) bond motifs is 4. The number of pyridine rings is 2. The lowest BCUT2D eigenvalue weighted by Gasteiger charge is -2.37. The number of ether oxygens (including phenoxy) is 1. The van der Waals surface area contributed by atoms with E-state index in [1.807, 2.05) is 13.8 Å². The first-order chi connectivity index (χ1) is 19.1. The number of carbonyl (C=O) groups excluding carboxylic acids is 1. The van der Waals surface area contributed by atoms with E-state index in [2.05, 4.69) is 20.0 Å². The molecule has 10 nitrogen and oxygen atoms in total. The number of amides is 1. The molecule has 4 heterocycles. The number of nitrogens with one attached hydrogen (secondary N) is 2. The van der Waals surface area contributed by atoms with Gasteiger partial charge in [-0.15, -0.1) is 0 Å². The largest absolute Gasteiger partial charge is 0.475 e. The van der Waals surface area contributed by atoms with Crippen molar-refractivity contribution in [3.8, 4) is 17.0 Å². The molecule has 6 rings (SSSR count). The Morgan fingerprint density at radius 3 is 2.55 bits per heavy atom. The summed E-state index contributed by atoms with van der Waals surface area (Å²) in [6, 6.07) is 4.89. The van der Waals surface area contributed by atoms with Crippen molar-refractivity contribution in [2.45, 2.75) is 51.0 Å². The van der Waals surface area contributed by atoms with Crippen LogP contribution >= 0.6 is 0 Å². The van der Waals surface area contributed by atoms with E-state index in [-0.39, 0.29) is 35.7 Å². The number of hydrogen-bond donors (Lipinski definition) is 2. The summed E-state index contributed by atoms with van der Waals surface area (Å²) in [6.07, 6.45) is 6.36. The normalized spacial score (nSPS) is 18.2. The van der Waals surface area contributed by atoms with Crippen LogP contribution in [0.4, 0.5) is 15.8 Å². The van der Waals surface area contributed by atoms with Crippen LogP contribution in [0.1, 0.15) is 45.1 Å². The molecular weight excluding hydrogens is 535 g/mol. The molecule has 1 aromatic carbocycles. The Hall–Kier alpha value is -3.35. The number of hydrogen-bond acceptors (Lipinski definition) is 7. The van der Waals surface area contributed by atoms with Gasteiger partial charge in [0.05, 0.1) is 22.8 Å². The molecule has 2 aromatic heterocycles. The van der Waals surface area contributed by atoms with E-state index in [1.54, 1.807) is 30.3 Å². The third kappa shape index (κ3) is 4.38. The Balaban J connectivity index is 1.42. The second-order valence-corrected chi connectivity index (χ2v) is 12.7. The fraction of sp³-hybridized carbons (Fsp3) is 0.464. The van der Waals surface area contributed by atoms with Crippen molar-refractivity contribution in [1.29, 1.82) is 0 Å². The number of benzene rings is 1. The molecule has 0 atom stereocenters. The number of halogens is 1. The highest BCUT2D eigenvalue weighted by molar-refractivity contribution is 7.90. The zero-order chi connectivity index (χ0) is 28.2. The maximum atomic E-state index is 15.6. The summed E-state index contributed by atoms with van der Waals surface area (Å²) < 4.78 is 51.2. The van der Waals surface area contributed by atoms with Crippen LogP contribution in [0, 0.1) is 5.82 Å². The van der Waals surface area contributed by atoms with Crippen LogP contribution in [0.5, 0.6) is 5.88 Å². The fourth-order valence-electron chi connectivity index (χ4n) is 5.73. The first-order valence-corrected chi connectivity index (χ1v) is 15.1. The van der Waals surface area contributed by atoms with Gasteiger partial charge in [-0.25, -0.2) is 9.37 Å². The number of aromatic nitrogens is 2. The van der Waals surface area contributed by atoms with Crippen molar-refractivity contribution in [2.75, 3.05) is 42.9 Å². The Labute approximate surface area is 233 Å². The molecule has 0 unspecified atom stereocenters. The van der Waals surface area contributed by atoms with Gasteiger partial charge in [0.2, 0.25) is 11.8 Å². The van der Waals surface area contributed by atoms with E-state index in [0.29, 0.717) is 36.1 Å². The molecule has 1 amide bonds. The van der Waals surface area contributed by atoms with Crippen molar-refractivity contribution in [1.82, 2.24) is 19.6 Å². The third-order valence-electron chi connectivity index (χ3n) is 8.15. The molecule has 3 aliphatic rings. The smallest absolute Gasteiger partial charge is 0.301 e. The van der Waals surface area contributed by atoms with Gasteiger partial charge < -0.3 is 15.0 Å². The van der Waals surface area contributed by atoms with E-state index < -0.39 is 21.4 Å². The third-order valence-corrected chi connectivity index (χ3v) is 9.67. The van der Waals surface area contributed by atoms with Gasteiger partial charge in [-0.3, -0.25) is 14.5 Å². The highest BCUT2D eigenvalue weighted by Crippen LogP contribution is 2.55. The lowest BCUT2D eigenvalue weighted by molar-refractivity contribution is -0.125. The van der Waals surface area contributed by atoms with E-state index >= 15 is 4.39 Å². The van der Waals surface area contributed by atoms with Gasteiger partial charge in [0.25, 0.3) is 0 Å². The zero-order valence-electron chi connectivity index (χ0n) is 22.8. The number of rotatable bonds is 9. The fourth-order valence-corrected chi connectivity index (χ4v) is 7.02. The molecule has 2 aliphatic heterocycles. The molecule has 2 fully saturated rings. The standard InChI is InChI=1S/C28H33FN6O4S/c1-17(2)30-8-11-39-26-23(33-40(37,38)35-9-5-10-35)12-18(15-32-26)19-13-20-22(14-21(19)29)31-16-24-25(20)28(6-4-7-28)27(36)34(24)3/h12-17,30,33H,4-11H2,1-3H3. The second-order valence-electron chi connectivity index (χ2n) is 11.1. The summed E-state index contributed by atoms with van der Waals surface area (Å²) in [5.74, 6) is -0.358. The maximum absolute atomic E-state index is 15.6. The van der Waals surface area contributed by atoms with Crippen LogP contribution in [-0.2, 0) is 20.4 Å². The van der Waals surface area contributed by atoms with E-state index in [9.17, 15) is 13.2 Å². The molecular formula is C28H33FN6O4S. The predicted octanol–water partition coefficient (Wildman–Crippen LogP) is 3.57. The molecule has 212 valence electrons. The molecule has 1 saturated carbocycles. The zero-order valence-corrected chi connectivity index (χ0v) is 23.6. The average Bonchev–Trinajstić information content (AvgIpc) is 3.07. The quantitative estimate of drug-likeness (QED) is 0.379. The highest BCUT2D eigenvalue weighted by atomic mass is 32.2. The summed E-state index contributed by atoms with van der Waals surface area (Å²) in [4.78, 5) is 23.7. The monoisotopic (exact) mass is 568 g/mol. The molecule has 3 aromatic rings. The Morgan fingerprint density at radius 1 is 1.12 bits per heavy atom. The molecule has 2 N–H and O–H groups in total. The van der Waals surface area contributed by atoms with Gasteiger partial charge in [0.1, 0.15) is 18.1 Å². The van der Waals surface area contributed by atoms with E-state index in [0.717, 1.165) is 36.9 Å². The van der Waals surface area contributed by atoms with Crippen LogP contribution in [0.2, 0.25) is 0 Å². The molecule has 1 aliphatic carbocycles. The van der Waals surface area contributed by atoms with Crippen LogP contribution in [-0.4, -0.2) is 67.9 Å². The summed E-state index contributed by atoms with van der Waals surface area (Å²) in [6.45, 7) is 5.72. The van der Waals surface area contributed by atoms with Gasteiger partial charge >= 0.3 is 10.2 Å². The highest BCUT2D eigenvalue weighted by Gasteiger charge is 2.54. The second kappa shape index (κ2) is 9.93. The first kappa shape index (κ1) is 26.9. The van der Waals surface area contributed by atoms with Crippen molar-refractivity contribution < 1.29 is 22.3 Å². The summed E-state index contributed by atoms with van der Waals surface area (Å²) in [5, 5.41) is 3.96. The van der Waals surface area contributed by atoms with Gasteiger partial charge in [-0.05, 0) is 31.4 Å². The minimum absolute atomic E-state index is 0.0479. The van der Waals surface area contributed by atoms with Crippen LogP contribution in [0.3, 0.4) is 0 Å². The van der Waals surface area contributed by atoms with Crippen molar-refractivity contribution in [3.05, 3.63) is 42.0 Å². The molecule has 0 bridgehead atoms.